The van der Waals surface area contributed by atoms with Gasteiger partial charge in [-0.2, -0.15) is 0 Å². The third-order valence-corrected chi connectivity index (χ3v) is 2.58. The van der Waals surface area contributed by atoms with Gasteiger partial charge in [0.15, 0.2) is 0 Å². The van der Waals surface area contributed by atoms with Crippen molar-refractivity contribution >= 4 is 0 Å². The average molecular weight is 239 g/mol. The van der Waals surface area contributed by atoms with E-state index in [4.69, 9.17) is 9.84 Å². The van der Waals surface area contributed by atoms with Gasteiger partial charge in [-0.15, -0.1) is 0 Å². The van der Waals surface area contributed by atoms with Crippen LogP contribution in [0, 0.1) is 0 Å². The summed E-state index contributed by atoms with van der Waals surface area (Å²) in [6.45, 7) is 5.01. The first-order valence-electron chi connectivity index (χ1n) is 5.94. The molecule has 17 heavy (non-hydrogen) atoms. The van der Waals surface area contributed by atoms with Gasteiger partial charge in [-0.25, -0.2) is 0 Å². The molecular weight excluding hydrogens is 218 g/mol. The molecule has 1 aromatic carbocycles. The highest BCUT2D eigenvalue weighted by Gasteiger charge is 2.15. The van der Waals surface area contributed by atoms with Gasteiger partial charge >= 0.3 is 0 Å². The summed E-state index contributed by atoms with van der Waals surface area (Å²) < 4.78 is 5.34. The second kappa shape index (κ2) is 7.27. The van der Waals surface area contributed by atoms with E-state index in [1.54, 1.807) is 0 Å². The van der Waals surface area contributed by atoms with Crippen LogP contribution in [0.15, 0.2) is 24.3 Å². The largest absolute Gasteiger partial charge is 0.494 e. The molecule has 1 aromatic rings. The fourth-order valence-electron chi connectivity index (χ4n) is 1.62. The van der Waals surface area contributed by atoms with Gasteiger partial charge in [-0.3, -0.25) is 0 Å². The van der Waals surface area contributed by atoms with E-state index < -0.39 is 6.10 Å². The molecule has 1 rings (SSSR count). The molecule has 4 heteroatoms. The molecule has 96 valence electrons. The van der Waals surface area contributed by atoms with Crippen LogP contribution in [0.3, 0.4) is 0 Å². The van der Waals surface area contributed by atoms with Gasteiger partial charge in [-0.1, -0.05) is 12.1 Å². The van der Waals surface area contributed by atoms with E-state index in [0.29, 0.717) is 13.2 Å². The maximum Gasteiger partial charge on any atom is 0.119 e. The Morgan fingerprint density at radius 3 is 2.47 bits per heavy atom. The van der Waals surface area contributed by atoms with Crippen molar-refractivity contribution in [3.05, 3.63) is 29.8 Å². The second-order valence-electron chi connectivity index (χ2n) is 3.91. The zero-order chi connectivity index (χ0) is 12.7. The number of nitrogens with one attached hydrogen (secondary N) is 1. The summed E-state index contributed by atoms with van der Waals surface area (Å²) >= 11 is 0. The Balaban J connectivity index is 2.58. The van der Waals surface area contributed by atoms with Crippen LogP contribution in [0.4, 0.5) is 0 Å². The molecule has 2 atom stereocenters. The lowest BCUT2D eigenvalue weighted by molar-refractivity contribution is 0.132. The first-order chi connectivity index (χ1) is 8.19. The third kappa shape index (κ3) is 4.34. The van der Waals surface area contributed by atoms with Crippen LogP contribution in [-0.2, 0) is 0 Å². The molecule has 0 saturated carbocycles. The molecule has 2 unspecified atom stereocenters. The van der Waals surface area contributed by atoms with Crippen molar-refractivity contribution in [2.75, 3.05) is 19.8 Å². The van der Waals surface area contributed by atoms with E-state index in [1.165, 1.54) is 0 Å². The molecular formula is C13H21NO3. The molecule has 0 aromatic heterocycles. The van der Waals surface area contributed by atoms with Crippen LogP contribution in [0.2, 0.25) is 0 Å². The van der Waals surface area contributed by atoms with Gasteiger partial charge in [0.1, 0.15) is 5.75 Å². The van der Waals surface area contributed by atoms with Gasteiger partial charge in [0, 0.05) is 12.6 Å². The molecule has 0 heterocycles. The van der Waals surface area contributed by atoms with Crippen molar-refractivity contribution < 1.29 is 14.9 Å². The van der Waals surface area contributed by atoms with Gasteiger partial charge in [0.05, 0.1) is 19.3 Å². The molecule has 4 nitrogen and oxygen atoms in total. The number of hydrogen-bond acceptors (Lipinski definition) is 4. The average Bonchev–Trinajstić information content (AvgIpc) is 2.36. The van der Waals surface area contributed by atoms with Crippen LogP contribution in [0.1, 0.15) is 25.5 Å². The Bertz CT molecular complexity index is 313. The quantitative estimate of drug-likeness (QED) is 0.666. The molecule has 0 fully saturated rings. The van der Waals surface area contributed by atoms with Gasteiger partial charge in [-0.05, 0) is 31.5 Å². The molecule has 0 spiro atoms. The third-order valence-electron chi connectivity index (χ3n) is 2.58. The summed E-state index contributed by atoms with van der Waals surface area (Å²) in [5, 5.41) is 21.8. The number of rotatable bonds is 7. The van der Waals surface area contributed by atoms with E-state index >= 15 is 0 Å². The first-order valence-corrected chi connectivity index (χ1v) is 5.94. The standard InChI is InChI=1S/C13H21NO3/c1-3-17-12-6-4-11(5-7-12)13(16)10(2)14-8-9-15/h4-7,10,13-16H,3,8-9H2,1-2H3. The van der Waals surface area contributed by atoms with Crippen LogP contribution < -0.4 is 10.1 Å². The summed E-state index contributed by atoms with van der Waals surface area (Å²) in [6.07, 6.45) is -0.586. The van der Waals surface area contributed by atoms with Crippen LogP contribution in [0.25, 0.3) is 0 Å². The van der Waals surface area contributed by atoms with Gasteiger partial charge < -0.3 is 20.3 Å². The minimum Gasteiger partial charge on any atom is -0.494 e. The van der Waals surface area contributed by atoms with E-state index in [-0.39, 0.29) is 12.6 Å². The molecule has 0 aliphatic heterocycles. The number of aliphatic hydroxyl groups excluding tert-OH is 2. The maximum absolute atomic E-state index is 10.1. The first kappa shape index (κ1) is 14.0. The molecule has 0 amide bonds. The highest BCUT2D eigenvalue weighted by Crippen LogP contribution is 2.20. The zero-order valence-electron chi connectivity index (χ0n) is 10.4. The Morgan fingerprint density at radius 1 is 1.29 bits per heavy atom. The van der Waals surface area contributed by atoms with Crippen LogP contribution in [0.5, 0.6) is 5.75 Å². The van der Waals surface area contributed by atoms with Crippen molar-refractivity contribution in [2.45, 2.75) is 26.0 Å². The Kier molecular flexibility index (Phi) is 5.97. The number of aliphatic hydroxyl groups is 2. The molecule has 0 radical (unpaired) electrons. The van der Waals surface area contributed by atoms with Crippen LogP contribution >= 0.6 is 0 Å². The van der Waals surface area contributed by atoms with Gasteiger partial charge in [0.2, 0.25) is 0 Å². The molecule has 0 saturated heterocycles. The van der Waals surface area contributed by atoms with E-state index in [9.17, 15) is 5.11 Å². The molecule has 0 bridgehead atoms. The molecule has 0 aliphatic carbocycles. The van der Waals surface area contributed by atoms with Gasteiger partial charge in [0.25, 0.3) is 0 Å². The Hall–Kier alpha value is -1.10. The number of benzene rings is 1. The van der Waals surface area contributed by atoms with Crippen molar-refractivity contribution in [1.82, 2.24) is 5.32 Å². The van der Waals surface area contributed by atoms with E-state index in [2.05, 4.69) is 5.32 Å². The fourth-order valence-corrected chi connectivity index (χ4v) is 1.62. The monoisotopic (exact) mass is 239 g/mol. The van der Waals surface area contributed by atoms with Crippen molar-refractivity contribution in [3.8, 4) is 5.75 Å². The van der Waals surface area contributed by atoms with Crippen molar-refractivity contribution in [3.63, 3.8) is 0 Å². The number of hydrogen-bond donors (Lipinski definition) is 3. The second-order valence-corrected chi connectivity index (χ2v) is 3.91. The number of ether oxygens (including phenoxy) is 1. The van der Waals surface area contributed by atoms with Crippen molar-refractivity contribution in [1.29, 1.82) is 0 Å². The van der Waals surface area contributed by atoms with Crippen LogP contribution in [-0.4, -0.2) is 36.0 Å². The molecule has 3 N–H and O–H groups in total. The Morgan fingerprint density at radius 2 is 1.94 bits per heavy atom. The summed E-state index contributed by atoms with van der Waals surface area (Å²) in [5.74, 6) is 0.805. The molecule has 0 aliphatic rings. The Labute approximate surface area is 102 Å². The highest BCUT2D eigenvalue weighted by molar-refractivity contribution is 5.29. The zero-order valence-corrected chi connectivity index (χ0v) is 10.4. The predicted molar refractivity (Wildman–Crippen MR) is 67.1 cm³/mol. The normalized spacial score (nSPS) is 14.4. The maximum atomic E-state index is 10.1. The lowest BCUT2D eigenvalue weighted by Crippen LogP contribution is -2.34. The highest BCUT2D eigenvalue weighted by atomic mass is 16.5. The summed E-state index contributed by atoms with van der Waals surface area (Å²) in [6, 6.07) is 7.31. The smallest absolute Gasteiger partial charge is 0.119 e. The topological polar surface area (TPSA) is 61.7 Å². The summed E-state index contributed by atoms with van der Waals surface area (Å²) in [7, 11) is 0. The van der Waals surface area contributed by atoms with E-state index in [1.807, 2.05) is 38.1 Å². The summed E-state index contributed by atoms with van der Waals surface area (Å²) in [5.41, 5.74) is 0.839. The lowest BCUT2D eigenvalue weighted by atomic mass is 10.0. The summed E-state index contributed by atoms with van der Waals surface area (Å²) in [4.78, 5) is 0. The lowest BCUT2D eigenvalue weighted by Gasteiger charge is -2.20. The fraction of sp³-hybridized carbons (Fsp3) is 0.538. The minimum absolute atomic E-state index is 0.0698. The van der Waals surface area contributed by atoms with E-state index in [0.717, 1.165) is 11.3 Å². The predicted octanol–water partition coefficient (Wildman–Crippen LogP) is 1.09. The SMILES string of the molecule is CCOc1ccc(C(O)C(C)NCCO)cc1. The van der Waals surface area contributed by atoms with Crippen molar-refractivity contribution in [2.24, 2.45) is 0 Å². The minimum atomic E-state index is -0.586.